The molecule has 6 heteroatoms. The Morgan fingerprint density at radius 2 is 2.08 bits per heavy atom. The van der Waals surface area contributed by atoms with Crippen LogP contribution in [0.2, 0.25) is 0 Å². The van der Waals surface area contributed by atoms with Gasteiger partial charge in [-0.3, -0.25) is 9.79 Å². The molecule has 3 rings (SSSR count). The Morgan fingerprint density at radius 1 is 1.33 bits per heavy atom. The summed E-state index contributed by atoms with van der Waals surface area (Å²) in [4.78, 5) is 18.5. The largest absolute Gasteiger partial charge is 0.376 e. The molecule has 1 amide bonds. The predicted molar refractivity (Wildman–Crippen MR) is 93.4 cm³/mol. The molecule has 130 valence electrons. The summed E-state index contributed by atoms with van der Waals surface area (Å²) in [7, 11) is 0. The summed E-state index contributed by atoms with van der Waals surface area (Å²) in [6, 6.07) is 8.23. The standard InChI is InChI=1S/C18H26N4O2/c19-18(21-11-16-7-4-10-24-16)20-9-3-8-17(23)22-12-14-5-1-2-6-15(14)13-22/h1-2,5-6,16H,3-4,7-13H2,(H3,19,20,21). The highest BCUT2D eigenvalue weighted by molar-refractivity contribution is 5.78. The van der Waals surface area contributed by atoms with Crippen molar-refractivity contribution < 1.29 is 9.53 Å². The molecular formula is C18H26N4O2. The number of carbonyl (C=O) groups is 1. The summed E-state index contributed by atoms with van der Waals surface area (Å²) in [6.07, 6.45) is 3.66. The molecule has 2 aliphatic rings. The Kier molecular flexibility index (Phi) is 5.69. The molecule has 3 N–H and O–H groups in total. The Balaban J connectivity index is 1.32. The van der Waals surface area contributed by atoms with E-state index in [2.05, 4.69) is 22.4 Å². The molecule has 0 aromatic heterocycles. The molecule has 1 unspecified atom stereocenters. The van der Waals surface area contributed by atoms with E-state index in [4.69, 9.17) is 10.5 Å². The minimum absolute atomic E-state index is 0.197. The van der Waals surface area contributed by atoms with Gasteiger partial charge in [-0.1, -0.05) is 24.3 Å². The van der Waals surface area contributed by atoms with Gasteiger partial charge in [0.2, 0.25) is 5.91 Å². The zero-order valence-electron chi connectivity index (χ0n) is 14.0. The summed E-state index contributed by atoms with van der Waals surface area (Å²) in [5.74, 6) is 0.634. The van der Waals surface area contributed by atoms with Crippen LogP contribution in [0.15, 0.2) is 29.3 Å². The third-order valence-electron chi connectivity index (χ3n) is 4.56. The van der Waals surface area contributed by atoms with Gasteiger partial charge in [-0.25, -0.2) is 0 Å². The van der Waals surface area contributed by atoms with E-state index in [0.29, 0.717) is 25.5 Å². The van der Waals surface area contributed by atoms with Gasteiger partial charge in [0, 0.05) is 32.7 Å². The molecule has 2 aliphatic heterocycles. The first-order chi connectivity index (χ1) is 11.7. The van der Waals surface area contributed by atoms with Crippen LogP contribution >= 0.6 is 0 Å². The second-order valence-electron chi connectivity index (χ2n) is 6.41. The number of rotatable bonds is 6. The Labute approximate surface area is 143 Å². The molecule has 0 bridgehead atoms. The fourth-order valence-corrected chi connectivity index (χ4v) is 3.17. The van der Waals surface area contributed by atoms with Gasteiger partial charge in [-0.2, -0.15) is 0 Å². The van der Waals surface area contributed by atoms with Gasteiger partial charge in [0.15, 0.2) is 5.96 Å². The normalized spacial score (nSPS) is 20.2. The molecule has 1 aromatic rings. The van der Waals surface area contributed by atoms with Crippen molar-refractivity contribution in [3.63, 3.8) is 0 Å². The second kappa shape index (κ2) is 8.15. The van der Waals surface area contributed by atoms with Gasteiger partial charge in [-0.15, -0.1) is 0 Å². The number of nitrogens with one attached hydrogen (secondary N) is 1. The van der Waals surface area contributed by atoms with Crippen LogP contribution < -0.4 is 11.1 Å². The van der Waals surface area contributed by atoms with E-state index in [-0.39, 0.29) is 12.0 Å². The Hall–Kier alpha value is -2.08. The van der Waals surface area contributed by atoms with E-state index in [0.717, 1.165) is 39.0 Å². The number of hydrogen-bond acceptors (Lipinski definition) is 3. The van der Waals surface area contributed by atoms with E-state index < -0.39 is 0 Å². The van der Waals surface area contributed by atoms with Crippen molar-refractivity contribution in [2.45, 2.75) is 44.9 Å². The highest BCUT2D eigenvalue weighted by Gasteiger charge is 2.22. The molecule has 6 nitrogen and oxygen atoms in total. The topological polar surface area (TPSA) is 80.0 Å². The SMILES string of the molecule is NC(=NCC1CCCO1)NCCCC(=O)N1Cc2ccccc2C1. The van der Waals surface area contributed by atoms with Gasteiger partial charge >= 0.3 is 0 Å². The van der Waals surface area contributed by atoms with Gasteiger partial charge in [0.25, 0.3) is 0 Å². The van der Waals surface area contributed by atoms with Crippen LogP contribution in [0.1, 0.15) is 36.8 Å². The quantitative estimate of drug-likeness (QED) is 0.469. The highest BCUT2D eigenvalue weighted by atomic mass is 16.5. The minimum atomic E-state index is 0.197. The number of nitrogens with two attached hydrogens (primary N) is 1. The van der Waals surface area contributed by atoms with Crippen LogP contribution in [0.4, 0.5) is 0 Å². The molecular weight excluding hydrogens is 304 g/mol. The lowest BCUT2D eigenvalue weighted by Crippen LogP contribution is -2.34. The maximum absolute atomic E-state index is 12.3. The minimum Gasteiger partial charge on any atom is -0.376 e. The molecule has 0 saturated carbocycles. The lowest BCUT2D eigenvalue weighted by molar-refractivity contribution is -0.131. The summed E-state index contributed by atoms with van der Waals surface area (Å²) < 4.78 is 5.50. The van der Waals surface area contributed by atoms with Crippen LogP contribution in [0, 0.1) is 0 Å². The molecule has 0 aliphatic carbocycles. The summed E-state index contributed by atoms with van der Waals surface area (Å²) in [6.45, 7) is 3.56. The van der Waals surface area contributed by atoms with Crippen LogP contribution in [0.3, 0.4) is 0 Å². The van der Waals surface area contributed by atoms with E-state index >= 15 is 0 Å². The van der Waals surface area contributed by atoms with Crippen LogP contribution in [-0.2, 0) is 22.6 Å². The first-order valence-electron chi connectivity index (χ1n) is 8.72. The van der Waals surface area contributed by atoms with Crippen molar-refractivity contribution in [3.8, 4) is 0 Å². The number of hydrogen-bond donors (Lipinski definition) is 2. The number of guanidine groups is 1. The fourth-order valence-electron chi connectivity index (χ4n) is 3.17. The predicted octanol–water partition coefficient (Wildman–Crippen LogP) is 1.39. The lowest BCUT2D eigenvalue weighted by Gasteiger charge is -2.15. The molecule has 1 saturated heterocycles. The third kappa shape index (κ3) is 4.47. The van der Waals surface area contributed by atoms with E-state index in [1.54, 1.807) is 0 Å². The van der Waals surface area contributed by atoms with Crippen LogP contribution in [0.5, 0.6) is 0 Å². The molecule has 0 radical (unpaired) electrons. The molecule has 1 atom stereocenters. The molecule has 1 aromatic carbocycles. The van der Waals surface area contributed by atoms with E-state index in [1.807, 2.05) is 17.0 Å². The highest BCUT2D eigenvalue weighted by Crippen LogP contribution is 2.22. The maximum atomic E-state index is 12.3. The zero-order chi connectivity index (χ0) is 16.8. The number of carbonyl (C=O) groups excluding carboxylic acids is 1. The fraction of sp³-hybridized carbons (Fsp3) is 0.556. The lowest BCUT2D eigenvalue weighted by atomic mass is 10.1. The average molecular weight is 330 g/mol. The van der Waals surface area contributed by atoms with E-state index in [1.165, 1.54) is 11.1 Å². The molecule has 0 spiro atoms. The number of nitrogens with zero attached hydrogens (tertiary/aromatic N) is 2. The molecule has 2 heterocycles. The first-order valence-corrected chi connectivity index (χ1v) is 8.72. The Morgan fingerprint density at radius 3 is 2.75 bits per heavy atom. The van der Waals surface area contributed by atoms with Crippen molar-refractivity contribution in [3.05, 3.63) is 35.4 Å². The Bertz CT molecular complexity index is 571. The monoisotopic (exact) mass is 330 g/mol. The van der Waals surface area contributed by atoms with Crippen LogP contribution in [0.25, 0.3) is 0 Å². The van der Waals surface area contributed by atoms with E-state index in [9.17, 15) is 4.79 Å². The zero-order valence-corrected chi connectivity index (χ0v) is 14.0. The molecule has 1 fully saturated rings. The number of ether oxygens (including phenoxy) is 1. The van der Waals surface area contributed by atoms with Gasteiger partial charge < -0.3 is 20.7 Å². The number of aliphatic imine (C=N–C) groups is 1. The second-order valence-corrected chi connectivity index (χ2v) is 6.41. The third-order valence-corrected chi connectivity index (χ3v) is 4.56. The maximum Gasteiger partial charge on any atom is 0.223 e. The van der Waals surface area contributed by atoms with Crippen molar-refractivity contribution >= 4 is 11.9 Å². The summed E-state index contributed by atoms with van der Waals surface area (Å²) in [5, 5.41) is 3.07. The van der Waals surface area contributed by atoms with Crippen molar-refractivity contribution in [1.82, 2.24) is 10.2 Å². The number of amides is 1. The van der Waals surface area contributed by atoms with Crippen LogP contribution in [-0.4, -0.2) is 42.6 Å². The summed E-state index contributed by atoms with van der Waals surface area (Å²) in [5.41, 5.74) is 8.35. The van der Waals surface area contributed by atoms with Crippen molar-refractivity contribution in [2.75, 3.05) is 19.7 Å². The van der Waals surface area contributed by atoms with Gasteiger partial charge in [0.1, 0.15) is 0 Å². The van der Waals surface area contributed by atoms with Gasteiger partial charge in [-0.05, 0) is 30.4 Å². The first kappa shape index (κ1) is 16.8. The average Bonchev–Trinajstić information content (AvgIpc) is 3.25. The van der Waals surface area contributed by atoms with Gasteiger partial charge in [0.05, 0.1) is 12.6 Å². The number of fused-ring (bicyclic) bond motifs is 1. The smallest absolute Gasteiger partial charge is 0.223 e. The molecule has 24 heavy (non-hydrogen) atoms. The summed E-state index contributed by atoms with van der Waals surface area (Å²) >= 11 is 0. The number of benzene rings is 1. The van der Waals surface area contributed by atoms with Crippen molar-refractivity contribution in [2.24, 2.45) is 10.7 Å². The van der Waals surface area contributed by atoms with Crippen molar-refractivity contribution in [1.29, 1.82) is 0 Å².